The summed E-state index contributed by atoms with van der Waals surface area (Å²) in [4.78, 5) is 22.4. The molecule has 5 heteroatoms. The van der Waals surface area contributed by atoms with Gasteiger partial charge in [-0.25, -0.2) is 0 Å². The number of amides is 1. The van der Waals surface area contributed by atoms with Crippen molar-refractivity contribution < 1.29 is 14.7 Å². The van der Waals surface area contributed by atoms with Crippen LogP contribution in [0.25, 0.3) is 0 Å². The molecule has 1 atom stereocenters. The highest BCUT2D eigenvalue weighted by atomic mass is 16.4. The zero-order valence-corrected chi connectivity index (χ0v) is 10.3. The molecule has 98 valence electrons. The molecule has 0 bridgehead atoms. The van der Waals surface area contributed by atoms with Crippen LogP contribution in [0.3, 0.4) is 0 Å². The van der Waals surface area contributed by atoms with Crippen molar-refractivity contribution >= 4 is 11.9 Å². The Morgan fingerprint density at radius 1 is 1.35 bits per heavy atom. The van der Waals surface area contributed by atoms with E-state index in [4.69, 9.17) is 10.8 Å². The minimum Gasteiger partial charge on any atom is -0.481 e. The number of carboxylic acid groups (broad SMARTS) is 1. The monoisotopic (exact) mass is 242 g/mol. The van der Waals surface area contributed by atoms with Gasteiger partial charge < -0.3 is 16.2 Å². The maximum absolute atomic E-state index is 11.7. The van der Waals surface area contributed by atoms with E-state index in [0.29, 0.717) is 19.3 Å². The van der Waals surface area contributed by atoms with Crippen molar-refractivity contribution in [2.75, 3.05) is 0 Å². The predicted molar refractivity (Wildman–Crippen MR) is 64.4 cm³/mol. The fourth-order valence-corrected chi connectivity index (χ4v) is 2.24. The molecule has 0 aromatic carbocycles. The van der Waals surface area contributed by atoms with Gasteiger partial charge in [-0.15, -0.1) is 0 Å². The Hall–Kier alpha value is -1.10. The molecule has 0 aromatic heterocycles. The Bertz CT molecular complexity index is 273. The number of nitrogens with one attached hydrogen (secondary N) is 1. The number of carbonyl (C=O) groups excluding carboxylic acids is 1. The molecule has 0 spiro atoms. The van der Waals surface area contributed by atoms with Gasteiger partial charge in [0.25, 0.3) is 0 Å². The van der Waals surface area contributed by atoms with Gasteiger partial charge in [-0.05, 0) is 32.1 Å². The molecular weight excluding hydrogens is 220 g/mol. The van der Waals surface area contributed by atoms with E-state index in [-0.39, 0.29) is 17.9 Å². The van der Waals surface area contributed by atoms with Crippen LogP contribution in [-0.2, 0) is 9.59 Å². The molecule has 0 unspecified atom stereocenters. The zero-order valence-electron chi connectivity index (χ0n) is 10.3. The predicted octanol–water partition coefficient (Wildman–Crippen LogP) is 0.873. The Balaban J connectivity index is 2.30. The number of nitrogens with two attached hydrogens (primary N) is 1. The summed E-state index contributed by atoms with van der Waals surface area (Å²) in [5.74, 6) is -1.07. The molecule has 17 heavy (non-hydrogen) atoms. The SMILES string of the molecule is CCC[C@H](N)C(=O)NC1CCC(C(=O)O)CC1. The molecule has 0 aromatic rings. The molecular formula is C12H22N2O3. The summed E-state index contributed by atoms with van der Waals surface area (Å²) in [5, 5.41) is 11.8. The van der Waals surface area contributed by atoms with Crippen LogP contribution in [0.1, 0.15) is 45.4 Å². The van der Waals surface area contributed by atoms with Crippen molar-refractivity contribution in [2.24, 2.45) is 11.7 Å². The number of rotatable bonds is 5. The fourth-order valence-electron chi connectivity index (χ4n) is 2.24. The minimum atomic E-state index is -0.725. The van der Waals surface area contributed by atoms with Gasteiger partial charge in [0.2, 0.25) is 5.91 Å². The van der Waals surface area contributed by atoms with E-state index >= 15 is 0 Å². The number of hydrogen-bond donors (Lipinski definition) is 3. The van der Waals surface area contributed by atoms with Crippen molar-refractivity contribution in [1.29, 1.82) is 0 Å². The summed E-state index contributed by atoms with van der Waals surface area (Å²) >= 11 is 0. The Morgan fingerprint density at radius 3 is 2.41 bits per heavy atom. The average Bonchev–Trinajstić information content (AvgIpc) is 2.30. The highest BCUT2D eigenvalue weighted by Gasteiger charge is 2.27. The van der Waals surface area contributed by atoms with E-state index in [1.165, 1.54) is 0 Å². The van der Waals surface area contributed by atoms with Crippen molar-refractivity contribution in [3.63, 3.8) is 0 Å². The number of hydrogen-bond acceptors (Lipinski definition) is 3. The molecule has 1 fully saturated rings. The summed E-state index contributed by atoms with van der Waals surface area (Å²) in [7, 11) is 0. The quantitative estimate of drug-likeness (QED) is 0.667. The highest BCUT2D eigenvalue weighted by molar-refractivity contribution is 5.81. The first-order valence-corrected chi connectivity index (χ1v) is 6.33. The molecule has 0 radical (unpaired) electrons. The van der Waals surface area contributed by atoms with E-state index < -0.39 is 12.0 Å². The van der Waals surface area contributed by atoms with Crippen molar-refractivity contribution in [3.05, 3.63) is 0 Å². The molecule has 5 nitrogen and oxygen atoms in total. The first-order valence-electron chi connectivity index (χ1n) is 6.33. The topological polar surface area (TPSA) is 92.4 Å². The second-order valence-electron chi connectivity index (χ2n) is 4.79. The van der Waals surface area contributed by atoms with Crippen LogP contribution in [0, 0.1) is 5.92 Å². The molecule has 1 aliphatic carbocycles. The van der Waals surface area contributed by atoms with Gasteiger partial charge in [0.15, 0.2) is 0 Å². The maximum Gasteiger partial charge on any atom is 0.306 e. The lowest BCUT2D eigenvalue weighted by molar-refractivity contribution is -0.142. The van der Waals surface area contributed by atoms with Crippen molar-refractivity contribution in [2.45, 2.75) is 57.5 Å². The maximum atomic E-state index is 11.7. The number of aliphatic carboxylic acids is 1. The van der Waals surface area contributed by atoms with E-state index in [1.54, 1.807) is 0 Å². The van der Waals surface area contributed by atoms with Gasteiger partial charge in [-0.3, -0.25) is 9.59 Å². The second-order valence-corrected chi connectivity index (χ2v) is 4.79. The van der Waals surface area contributed by atoms with Crippen LogP contribution in [0.2, 0.25) is 0 Å². The first-order chi connectivity index (χ1) is 8.04. The number of carbonyl (C=O) groups is 2. The third-order valence-corrected chi connectivity index (χ3v) is 3.36. The molecule has 1 amide bonds. The molecule has 1 rings (SSSR count). The smallest absolute Gasteiger partial charge is 0.306 e. The first kappa shape index (κ1) is 14.0. The summed E-state index contributed by atoms with van der Waals surface area (Å²) < 4.78 is 0. The Labute approximate surface area is 102 Å². The van der Waals surface area contributed by atoms with E-state index in [2.05, 4.69) is 5.32 Å². The number of carboxylic acids is 1. The molecule has 0 saturated heterocycles. The van der Waals surface area contributed by atoms with Gasteiger partial charge >= 0.3 is 5.97 Å². The highest BCUT2D eigenvalue weighted by Crippen LogP contribution is 2.24. The van der Waals surface area contributed by atoms with Gasteiger partial charge in [0.1, 0.15) is 0 Å². The summed E-state index contributed by atoms with van der Waals surface area (Å²) in [6.45, 7) is 1.99. The second kappa shape index (κ2) is 6.59. The summed E-state index contributed by atoms with van der Waals surface area (Å²) in [6, 6.07) is -0.335. The van der Waals surface area contributed by atoms with Gasteiger partial charge in [-0.2, -0.15) is 0 Å². The van der Waals surface area contributed by atoms with Crippen LogP contribution in [0.15, 0.2) is 0 Å². The van der Waals surface area contributed by atoms with Crippen molar-refractivity contribution in [1.82, 2.24) is 5.32 Å². The lowest BCUT2D eigenvalue weighted by Gasteiger charge is -2.27. The van der Waals surface area contributed by atoms with Crippen molar-refractivity contribution in [3.8, 4) is 0 Å². The van der Waals surface area contributed by atoms with Gasteiger partial charge in [0, 0.05) is 6.04 Å². The van der Waals surface area contributed by atoms with Crippen LogP contribution >= 0.6 is 0 Å². The van der Waals surface area contributed by atoms with Gasteiger partial charge in [-0.1, -0.05) is 13.3 Å². The molecule has 0 aliphatic heterocycles. The normalized spacial score (nSPS) is 26.2. The fraction of sp³-hybridized carbons (Fsp3) is 0.833. The van der Waals surface area contributed by atoms with Gasteiger partial charge in [0.05, 0.1) is 12.0 Å². The third-order valence-electron chi connectivity index (χ3n) is 3.36. The van der Waals surface area contributed by atoms with Crippen LogP contribution in [0.4, 0.5) is 0 Å². The molecule has 1 aliphatic rings. The lowest BCUT2D eigenvalue weighted by atomic mass is 9.86. The van der Waals surface area contributed by atoms with Crippen LogP contribution < -0.4 is 11.1 Å². The Kier molecular flexibility index (Phi) is 5.41. The van der Waals surface area contributed by atoms with E-state index in [1.807, 2.05) is 6.92 Å². The largest absolute Gasteiger partial charge is 0.481 e. The minimum absolute atomic E-state index is 0.0982. The van der Waals surface area contributed by atoms with Crippen LogP contribution in [-0.4, -0.2) is 29.1 Å². The van der Waals surface area contributed by atoms with Crippen LogP contribution in [0.5, 0.6) is 0 Å². The molecule has 4 N–H and O–H groups in total. The molecule has 1 saturated carbocycles. The summed E-state index contributed by atoms with van der Waals surface area (Å²) in [5.41, 5.74) is 5.71. The average molecular weight is 242 g/mol. The lowest BCUT2D eigenvalue weighted by Crippen LogP contribution is -2.46. The zero-order chi connectivity index (χ0) is 12.8. The van der Waals surface area contributed by atoms with E-state index in [9.17, 15) is 9.59 Å². The molecule has 0 heterocycles. The standard InChI is InChI=1S/C12H22N2O3/c1-2-3-10(13)11(15)14-9-6-4-8(5-7-9)12(16)17/h8-10H,2-7,13H2,1H3,(H,14,15)(H,16,17)/t8?,9?,10-/m0/s1. The van der Waals surface area contributed by atoms with E-state index in [0.717, 1.165) is 19.3 Å². The third kappa shape index (κ3) is 4.34. The summed E-state index contributed by atoms with van der Waals surface area (Å²) in [6.07, 6.45) is 4.34. The Morgan fingerprint density at radius 2 is 1.94 bits per heavy atom.